The Morgan fingerprint density at radius 2 is 1.87 bits per heavy atom. The van der Waals surface area contributed by atoms with E-state index in [0.29, 0.717) is 16.4 Å². The van der Waals surface area contributed by atoms with Crippen molar-refractivity contribution >= 4 is 11.8 Å². The highest BCUT2D eigenvalue weighted by atomic mass is 19.4. The molecule has 1 aromatic carbocycles. The Bertz CT molecular complexity index is 954. The second kappa shape index (κ2) is 8.08. The number of rotatable bonds is 4. The van der Waals surface area contributed by atoms with Crippen LogP contribution in [0.15, 0.2) is 24.3 Å². The van der Waals surface area contributed by atoms with Gasteiger partial charge in [0.1, 0.15) is 11.9 Å². The van der Waals surface area contributed by atoms with Crippen molar-refractivity contribution in [2.75, 3.05) is 6.54 Å². The molecule has 30 heavy (non-hydrogen) atoms. The van der Waals surface area contributed by atoms with Crippen molar-refractivity contribution in [2.24, 2.45) is 11.7 Å². The number of aromatic nitrogens is 3. The number of hydrogen-bond donors (Lipinski definition) is 1. The maximum Gasteiger partial charge on any atom is 0.408 e. The van der Waals surface area contributed by atoms with Crippen LogP contribution in [0.5, 0.6) is 0 Å². The van der Waals surface area contributed by atoms with Gasteiger partial charge in [-0.2, -0.15) is 13.2 Å². The van der Waals surface area contributed by atoms with Crippen LogP contribution in [0.1, 0.15) is 54.6 Å². The van der Waals surface area contributed by atoms with Crippen LogP contribution in [0, 0.1) is 12.8 Å². The summed E-state index contributed by atoms with van der Waals surface area (Å²) in [6, 6.07) is 5.42. The van der Waals surface area contributed by atoms with E-state index in [4.69, 9.17) is 5.73 Å². The predicted octanol–water partition coefficient (Wildman–Crippen LogP) is 2.97. The van der Waals surface area contributed by atoms with E-state index in [1.807, 2.05) is 38.1 Å². The summed E-state index contributed by atoms with van der Waals surface area (Å²) in [7, 11) is 0. The summed E-state index contributed by atoms with van der Waals surface area (Å²) >= 11 is 0. The number of halogens is 3. The molecule has 1 aromatic heterocycles. The molecular formula is C20H24F3N5O2. The molecule has 7 nitrogen and oxygen atoms in total. The minimum absolute atomic E-state index is 0.0219. The molecule has 2 aromatic rings. The first-order valence-corrected chi connectivity index (χ1v) is 9.70. The van der Waals surface area contributed by atoms with Gasteiger partial charge < -0.3 is 10.6 Å². The Hall–Kier alpha value is -2.91. The molecule has 1 aliphatic rings. The number of carbonyl (C=O) groups excluding carboxylic acids is 2. The number of nitrogens with zero attached hydrogens (tertiary/aromatic N) is 4. The molecule has 0 bridgehead atoms. The largest absolute Gasteiger partial charge is 0.408 e. The molecule has 2 atom stereocenters. The number of likely N-dealkylation sites (tertiary alicyclic amines) is 1. The number of amides is 2. The molecule has 0 aliphatic carbocycles. The third kappa shape index (κ3) is 4.17. The number of piperidine rings is 1. The number of carbonyl (C=O) groups is 2. The second-order valence-corrected chi connectivity index (χ2v) is 7.80. The SMILES string of the molecule is Cc1nc(C(=O)N2CC(C(N)=O)CCC2C(F)(F)F)nn1-c1ccccc1C(C)C. The molecule has 2 unspecified atom stereocenters. The predicted molar refractivity (Wildman–Crippen MR) is 103 cm³/mol. The van der Waals surface area contributed by atoms with Gasteiger partial charge in [0.2, 0.25) is 11.7 Å². The standard InChI is InChI=1S/C20H24F3N5O2/c1-11(2)14-6-4-5-7-15(14)28-12(3)25-18(26-28)19(30)27-10-13(17(24)29)8-9-16(27)20(21,22)23/h4-7,11,13,16H,8-10H2,1-3H3,(H2,24,29). The van der Waals surface area contributed by atoms with Crippen LogP contribution in [0.25, 0.3) is 5.69 Å². The lowest BCUT2D eigenvalue weighted by Gasteiger charge is -2.38. The Morgan fingerprint density at radius 3 is 2.47 bits per heavy atom. The summed E-state index contributed by atoms with van der Waals surface area (Å²) in [6.07, 6.45) is -5.04. The van der Waals surface area contributed by atoms with Gasteiger partial charge in [-0.1, -0.05) is 32.0 Å². The quantitative estimate of drug-likeness (QED) is 0.818. The third-order valence-electron chi connectivity index (χ3n) is 5.37. The van der Waals surface area contributed by atoms with Gasteiger partial charge in [0.25, 0.3) is 5.91 Å². The molecular weight excluding hydrogens is 399 g/mol. The molecule has 3 rings (SSSR count). The fraction of sp³-hybridized carbons (Fsp3) is 0.500. The molecule has 0 saturated carbocycles. The van der Waals surface area contributed by atoms with E-state index in [2.05, 4.69) is 10.1 Å². The molecule has 162 valence electrons. The number of primary amides is 1. The molecule has 1 aliphatic heterocycles. The first kappa shape index (κ1) is 21.8. The average Bonchev–Trinajstić information content (AvgIpc) is 3.07. The fourth-order valence-electron chi connectivity index (χ4n) is 3.77. The number of para-hydroxylation sites is 1. The number of alkyl halides is 3. The summed E-state index contributed by atoms with van der Waals surface area (Å²) in [5.74, 6) is -2.33. The first-order valence-electron chi connectivity index (χ1n) is 9.70. The van der Waals surface area contributed by atoms with Crippen LogP contribution in [0.4, 0.5) is 13.2 Å². The molecule has 10 heteroatoms. The highest BCUT2D eigenvalue weighted by Crippen LogP contribution is 2.34. The summed E-state index contributed by atoms with van der Waals surface area (Å²) in [5, 5.41) is 4.22. The Kier molecular flexibility index (Phi) is 5.87. The van der Waals surface area contributed by atoms with Gasteiger partial charge in [-0.05, 0) is 37.3 Å². The number of nitrogens with two attached hydrogens (primary N) is 1. The monoisotopic (exact) mass is 423 g/mol. The Morgan fingerprint density at radius 1 is 1.20 bits per heavy atom. The summed E-state index contributed by atoms with van der Waals surface area (Å²) in [5.41, 5.74) is 6.95. The van der Waals surface area contributed by atoms with Gasteiger partial charge in [-0.3, -0.25) is 9.59 Å². The van der Waals surface area contributed by atoms with Gasteiger partial charge >= 0.3 is 6.18 Å². The van der Waals surface area contributed by atoms with Gasteiger partial charge in [-0.15, -0.1) is 5.10 Å². The Labute approximate surface area is 172 Å². The fourth-order valence-corrected chi connectivity index (χ4v) is 3.77. The van der Waals surface area contributed by atoms with Crippen molar-refractivity contribution in [3.05, 3.63) is 41.5 Å². The van der Waals surface area contributed by atoms with Gasteiger partial charge in [0.05, 0.1) is 11.6 Å². The topological polar surface area (TPSA) is 94.1 Å². The van der Waals surface area contributed by atoms with E-state index in [9.17, 15) is 22.8 Å². The van der Waals surface area contributed by atoms with Gasteiger partial charge in [0, 0.05) is 6.54 Å². The minimum atomic E-state index is -4.62. The summed E-state index contributed by atoms with van der Waals surface area (Å²) in [6.45, 7) is 5.23. The van der Waals surface area contributed by atoms with Crippen molar-refractivity contribution in [3.8, 4) is 5.69 Å². The van der Waals surface area contributed by atoms with Crippen LogP contribution >= 0.6 is 0 Å². The smallest absolute Gasteiger partial charge is 0.369 e. The van der Waals surface area contributed by atoms with Crippen molar-refractivity contribution < 1.29 is 22.8 Å². The highest BCUT2D eigenvalue weighted by Gasteiger charge is 2.49. The molecule has 0 spiro atoms. The first-order chi connectivity index (χ1) is 14.0. The minimum Gasteiger partial charge on any atom is -0.369 e. The molecule has 2 N–H and O–H groups in total. The molecule has 2 amide bonds. The van der Waals surface area contributed by atoms with E-state index in [1.165, 1.54) is 4.68 Å². The summed E-state index contributed by atoms with van der Waals surface area (Å²) < 4.78 is 42.1. The average molecular weight is 423 g/mol. The second-order valence-electron chi connectivity index (χ2n) is 7.80. The maximum atomic E-state index is 13.5. The molecule has 1 saturated heterocycles. The zero-order valence-corrected chi connectivity index (χ0v) is 17.0. The van der Waals surface area contributed by atoms with E-state index in [1.54, 1.807) is 6.92 Å². The summed E-state index contributed by atoms with van der Waals surface area (Å²) in [4.78, 5) is 29.3. The van der Waals surface area contributed by atoms with E-state index >= 15 is 0 Å². The zero-order valence-electron chi connectivity index (χ0n) is 17.0. The molecule has 1 fully saturated rings. The van der Waals surface area contributed by atoms with Gasteiger partial charge in [-0.25, -0.2) is 9.67 Å². The van der Waals surface area contributed by atoms with Crippen LogP contribution in [-0.4, -0.2) is 50.2 Å². The number of benzene rings is 1. The van der Waals surface area contributed by atoms with Crippen LogP contribution in [0.3, 0.4) is 0 Å². The number of aryl methyl sites for hydroxylation is 1. The van der Waals surface area contributed by atoms with Crippen LogP contribution < -0.4 is 5.73 Å². The van der Waals surface area contributed by atoms with E-state index < -0.39 is 42.9 Å². The van der Waals surface area contributed by atoms with Crippen LogP contribution in [-0.2, 0) is 4.79 Å². The van der Waals surface area contributed by atoms with E-state index in [0.717, 1.165) is 5.56 Å². The van der Waals surface area contributed by atoms with Gasteiger partial charge in [0.15, 0.2) is 0 Å². The zero-order chi connectivity index (χ0) is 22.2. The van der Waals surface area contributed by atoms with E-state index in [-0.39, 0.29) is 18.2 Å². The maximum absolute atomic E-state index is 13.5. The van der Waals surface area contributed by atoms with Crippen molar-refractivity contribution in [1.29, 1.82) is 0 Å². The lowest BCUT2D eigenvalue weighted by atomic mass is 9.91. The highest BCUT2D eigenvalue weighted by molar-refractivity contribution is 5.91. The van der Waals surface area contributed by atoms with Crippen molar-refractivity contribution in [3.63, 3.8) is 0 Å². The van der Waals surface area contributed by atoms with Crippen molar-refractivity contribution in [2.45, 2.75) is 51.7 Å². The Balaban J connectivity index is 1.98. The van der Waals surface area contributed by atoms with Crippen molar-refractivity contribution in [1.82, 2.24) is 19.7 Å². The molecule has 2 heterocycles. The molecule has 0 radical (unpaired) electrons. The normalized spacial score (nSPS) is 19.9. The third-order valence-corrected chi connectivity index (χ3v) is 5.37. The number of hydrogen-bond acceptors (Lipinski definition) is 4. The lowest BCUT2D eigenvalue weighted by molar-refractivity contribution is -0.187. The van der Waals surface area contributed by atoms with Crippen LogP contribution in [0.2, 0.25) is 0 Å². The lowest BCUT2D eigenvalue weighted by Crippen LogP contribution is -2.55.